The topological polar surface area (TPSA) is 56.9 Å². The lowest BCUT2D eigenvalue weighted by molar-refractivity contribution is -0.123. The van der Waals surface area contributed by atoms with Gasteiger partial charge in [0.2, 0.25) is 5.91 Å². The first-order chi connectivity index (χ1) is 8.81. The van der Waals surface area contributed by atoms with Gasteiger partial charge in [-0.05, 0) is 25.0 Å². The summed E-state index contributed by atoms with van der Waals surface area (Å²) in [6.45, 7) is 3.44. The van der Waals surface area contributed by atoms with Crippen molar-refractivity contribution >= 4 is 16.8 Å². The Hall–Kier alpha value is -1.81. The van der Waals surface area contributed by atoms with Crippen molar-refractivity contribution in [3.8, 4) is 0 Å². The maximum Gasteiger partial charge on any atom is 0.243 e. The molecule has 1 atom stereocenters. The molecule has 1 aromatic heterocycles. The van der Waals surface area contributed by atoms with E-state index in [0.29, 0.717) is 6.54 Å². The molecule has 0 spiro atoms. The van der Waals surface area contributed by atoms with Crippen LogP contribution in [0.4, 0.5) is 0 Å². The molecule has 1 aliphatic heterocycles. The summed E-state index contributed by atoms with van der Waals surface area (Å²) in [6, 6.07) is 7.98. The molecule has 0 fully saturated rings. The largest absolute Gasteiger partial charge is 0.356 e. The van der Waals surface area contributed by atoms with Crippen LogP contribution >= 0.6 is 0 Å². The van der Waals surface area contributed by atoms with Crippen LogP contribution in [-0.4, -0.2) is 24.0 Å². The van der Waals surface area contributed by atoms with E-state index in [1.165, 1.54) is 10.9 Å². The van der Waals surface area contributed by atoms with Gasteiger partial charge in [0.1, 0.15) is 6.04 Å². The standard InChI is InChI=1S/C14H17N3O/c1-2-15-14(18)13-12-10(7-8-16-13)9-5-3-4-6-11(9)17-12/h3-6,13,16-17H,2,7-8H2,1H3,(H,15,18). The van der Waals surface area contributed by atoms with E-state index < -0.39 is 0 Å². The molecule has 0 radical (unpaired) electrons. The van der Waals surface area contributed by atoms with E-state index in [0.717, 1.165) is 24.2 Å². The van der Waals surface area contributed by atoms with Gasteiger partial charge in [0.25, 0.3) is 0 Å². The maximum atomic E-state index is 12.0. The van der Waals surface area contributed by atoms with E-state index in [9.17, 15) is 4.79 Å². The summed E-state index contributed by atoms with van der Waals surface area (Å²) in [6.07, 6.45) is 0.968. The number of rotatable bonds is 2. The van der Waals surface area contributed by atoms with E-state index in [1.54, 1.807) is 0 Å². The quantitative estimate of drug-likeness (QED) is 0.748. The van der Waals surface area contributed by atoms with Crippen molar-refractivity contribution in [2.45, 2.75) is 19.4 Å². The van der Waals surface area contributed by atoms with Crippen LogP contribution in [0.3, 0.4) is 0 Å². The van der Waals surface area contributed by atoms with Gasteiger partial charge in [-0.25, -0.2) is 0 Å². The number of aromatic nitrogens is 1. The van der Waals surface area contributed by atoms with Crippen LogP contribution in [0, 0.1) is 0 Å². The Morgan fingerprint density at radius 1 is 1.44 bits per heavy atom. The third-order valence-corrected chi connectivity index (χ3v) is 3.47. The molecule has 2 heterocycles. The molecule has 3 N–H and O–H groups in total. The molecular weight excluding hydrogens is 226 g/mol. The van der Waals surface area contributed by atoms with Gasteiger partial charge in [-0.2, -0.15) is 0 Å². The molecule has 1 aliphatic rings. The highest BCUT2D eigenvalue weighted by Crippen LogP contribution is 2.29. The number of likely N-dealkylation sites (N-methyl/N-ethyl adjacent to an activating group) is 1. The molecule has 2 aromatic rings. The van der Waals surface area contributed by atoms with E-state index in [4.69, 9.17) is 0 Å². The van der Waals surface area contributed by atoms with Crippen molar-refractivity contribution < 1.29 is 4.79 Å². The zero-order valence-electron chi connectivity index (χ0n) is 10.4. The van der Waals surface area contributed by atoms with Gasteiger partial charge in [-0.3, -0.25) is 4.79 Å². The maximum absolute atomic E-state index is 12.0. The fourth-order valence-corrected chi connectivity index (χ4v) is 2.68. The van der Waals surface area contributed by atoms with E-state index in [-0.39, 0.29) is 11.9 Å². The number of H-pyrrole nitrogens is 1. The molecule has 1 unspecified atom stereocenters. The van der Waals surface area contributed by atoms with Gasteiger partial charge in [0.15, 0.2) is 0 Å². The molecule has 0 saturated heterocycles. The number of hydrogen-bond acceptors (Lipinski definition) is 2. The molecule has 0 aliphatic carbocycles. The molecule has 3 rings (SSSR count). The summed E-state index contributed by atoms with van der Waals surface area (Å²) < 4.78 is 0. The average molecular weight is 243 g/mol. The predicted molar refractivity (Wildman–Crippen MR) is 71.4 cm³/mol. The smallest absolute Gasteiger partial charge is 0.243 e. The number of fused-ring (bicyclic) bond motifs is 3. The number of amides is 1. The number of aromatic amines is 1. The van der Waals surface area contributed by atoms with Crippen molar-refractivity contribution in [2.24, 2.45) is 0 Å². The summed E-state index contributed by atoms with van der Waals surface area (Å²) in [7, 11) is 0. The highest BCUT2D eigenvalue weighted by molar-refractivity contribution is 5.90. The van der Waals surface area contributed by atoms with Gasteiger partial charge >= 0.3 is 0 Å². The Balaban J connectivity index is 2.08. The number of carbonyl (C=O) groups excluding carboxylic acids is 1. The first kappa shape index (κ1) is 11.3. The Bertz CT molecular complexity index is 588. The Labute approximate surface area is 106 Å². The highest BCUT2D eigenvalue weighted by Gasteiger charge is 2.28. The molecule has 18 heavy (non-hydrogen) atoms. The second-order valence-corrected chi connectivity index (χ2v) is 4.59. The Kier molecular flexibility index (Phi) is 2.80. The van der Waals surface area contributed by atoms with Gasteiger partial charge in [-0.1, -0.05) is 18.2 Å². The van der Waals surface area contributed by atoms with Crippen molar-refractivity contribution in [3.05, 3.63) is 35.5 Å². The molecule has 4 heteroatoms. The van der Waals surface area contributed by atoms with Gasteiger partial charge < -0.3 is 15.6 Å². The normalized spacial score (nSPS) is 18.6. The summed E-state index contributed by atoms with van der Waals surface area (Å²) in [5.41, 5.74) is 3.41. The molecule has 0 bridgehead atoms. The van der Waals surface area contributed by atoms with Gasteiger partial charge in [0, 0.05) is 29.7 Å². The third-order valence-electron chi connectivity index (χ3n) is 3.47. The zero-order valence-corrected chi connectivity index (χ0v) is 10.4. The van der Waals surface area contributed by atoms with Crippen LogP contribution in [0.15, 0.2) is 24.3 Å². The van der Waals surface area contributed by atoms with Crippen LogP contribution in [0.1, 0.15) is 24.2 Å². The lowest BCUT2D eigenvalue weighted by Crippen LogP contribution is -2.41. The summed E-state index contributed by atoms with van der Waals surface area (Å²) in [5, 5.41) is 7.40. The average Bonchev–Trinajstić information content (AvgIpc) is 2.77. The van der Waals surface area contributed by atoms with Crippen molar-refractivity contribution in [2.75, 3.05) is 13.1 Å². The first-order valence-corrected chi connectivity index (χ1v) is 6.42. The summed E-state index contributed by atoms with van der Waals surface area (Å²) in [5.74, 6) is 0.0463. The number of para-hydroxylation sites is 1. The lowest BCUT2D eigenvalue weighted by Gasteiger charge is -2.23. The number of hydrogen-bond donors (Lipinski definition) is 3. The van der Waals surface area contributed by atoms with Gasteiger partial charge in [-0.15, -0.1) is 0 Å². The molecule has 0 saturated carbocycles. The molecule has 94 valence electrons. The molecular formula is C14H17N3O. The fourth-order valence-electron chi connectivity index (χ4n) is 2.68. The monoisotopic (exact) mass is 243 g/mol. The predicted octanol–water partition coefficient (Wildman–Crippen LogP) is 1.49. The number of nitrogens with one attached hydrogen (secondary N) is 3. The van der Waals surface area contributed by atoms with Crippen LogP contribution in [0.2, 0.25) is 0 Å². The summed E-state index contributed by atoms with van der Waals surface area (Å²) in [4.78, 5) is 15.4. The molecule has 4 nitrogen and oxygen atoms in total. The number of benzene rings is 1. The minimum Gasteiger partial charge on any atom is -0.356 e. The van der Waals surface area contributed by atoms with Crippen LogP contribution in [0.25, 0.3) is 10.9 Å². The van der Waals surface area contributed by atoms with Gasteiger partial charge in [0.05, 0.1) is 0 Å². The van der Waals surface area contributed by atoms with Crippen molar-refractivity contribution in [1.82, 2.24) is 15.6 Å². The Morgan fingerprint density at radius 3 is 3.11 bits per heavy atom. The fraction of sp³-hybridized carbons (Fsp3) is 0.357. The SMILES string of the molecule is CCNC(=O)C1NCCc2c1[nH]c1ccccc21. The van der Waals surface area contributed by atoms with Crippen molar-refractivity contribution in [1.29, 1.82) is 0 Å². The summed E-state index contributed by atoms with van der Waals surface area (Å²) >= 11 is 0. The van der Waals surface area contributed by atoms with E-state index in [1.807, 2.05) is 19.1 Å². The Morgan fingerprint density at radius 2 is 2.28 bits per heavy atom. The van der Waals surface area contributed by atoms with Crippen molar-refractivity contribution in [3.63, 3.8) is 0 Å². The second-order valence-electron chi connectivity index (χ2n) is 4.59. The van der Waals surface area contributed by atoms with E-state index in [2.05, 4.69) is 27.8 Å². The molecule has 1 aromatic carbocycles. The second kappa shape index (κ2) is 4.46. The van der Waals surface area contributed by atoms with Crippen LogP contribution in [-0.2, 0) is 11.2 Å². The minimum atomic E-state index is -0.249. The van der Waals surface area contributed by atoms with Crippen LogP contribution < -0.4 is 10.6 Å². The highest BCUT2D eigenvalue weighted by atomic mass is 16.2. The first-order valence-electron chi connectivity index (χ1n) is 6.42. The number of carbonyl (C=O) groups is 1. The lowest BCUT2D eigenvalue weighted by atomic mass is 9.99. The minimum absolute atomic E-state index is 0.0463. The third kappa shape index (κ3) is 1.69. The van der Waals surface area contributed by atoms with E-state index >= 15 is 0 Å². The molecule has 1 amide bonds. The zero-order chi connectivity index (χ0) is 12.5. The van der Waals surface area contributed by atoms with Crippen LogP contribution in [0.5, 0.6) is 0 Å².